The zero-order valence-electron chi connectivity index (χ0n) is 25.7. The topological polar surface area (TPSA) is 139 Å². The van der Waals surface area contributed by atoms with Crippen molar-refractivity contribution in [2.45, 2.75) is 114 Å². The zero-order valence-corrected chi connectivity index (χ0v) is 25.7. The Labute approximate surface area is 252 Å². The molecule has 11 heteroatoms. The molecular formula is C32H44N4O7. The lowest BCUT2D eigenvalue weighted by molar-refractivity contribution is -0.133. The summed E-state index contributed by atoms with van der Waals surface area (Å²) in [5, 5.41) is 18.2. The Balaban J connectivity index is 1.37. The molecule has 3 aliphatic rings. The predicted octanol–water partition coefficient (Wildman–Crippen LogP) is 3.80. The second-order valence-corrected chi connectivity index (χ2v) is 13.0. The van der Waals surface area contributed by atoms with Crippen LogP contribution in [-0.4, -0.2) is 82.5 Å². The highest BCUT2D eigenvalue weighted by atomic mass is 16.6. The Bertz CT molecular complexity index is 1350. The maximum atomic E-state index is 13.7. The van der Waals surface area contributed by atoms with Gasteiger partial charge in [-0.1, -0.05) is 13.3 Å². The van der Waals surface area contributed by atoms with Gasteiger partial charge < -0.3 is 30.0 Å². The fraction of sp³-hybridized carbons (Fsp3) is 0.625. The van der Waals surface area contributed by atoms with Crippen LogP contribution in [0.3, 0.4) is 0 Å². The summed E-state index contributed by atoms with van der Waals surface area (Å²) in [5.41, 5.74) is 0.182. The van der Waals surface area contributed by atoms with Crippen molar-refractivity contribution in [3.63, 3.8) is 0 Å². The average Bonchev–Trinajstić information content (AvgIpc) is 3.89. The van der Waals surface area contributed by atoms with Gasteiger partial charge in [0.05, 0.1) is 19.7 Å². The lowest BCUT2D eigenvalue weighted by Gasteiger charge is -2.29. The first-order valence-corrected chi connectivity index (χ1v) is 15.4. The number of aliphatic hydroxyl groups is 1. The highest BCUT2D eigenvalue weighted by Gasteiger charge is 2.44. The number of carbonyl (C=O) groups excluding carboxylic acids is 3. The predicted molar refractivity (Wildman–Crippen MR) is 160 cm³/mol. The van der Waals surface area contributed by atoms with E-state index in [9.17, 15) is 19.5 Å². The van der Waals surface area contributed by atoms with Gasteiger partial charge in [-0.3, -0.25) is 14.5 Å². The number of fused-ring (bicyclic) bond motifs is 1. The molecule has 3 fully saturated rings. The van der Waals surface area contributed by atoms with Crippen LogP contribution in [0, 0.1) is 0 Å². The van der Waals surface area contributed by atoms with E-state index in [-0.39, 0.29) is 19.0 Å². The number of pyridine rings is 1. The summed E-state index contributed by atoms with van der Waals surface area (Å²) >= 11 is 0. The number of benzene rings is 1. The normalized spacial score (nSPS) is 21.7. The number of carbonyl (C=O) groups is 3. The molecule has 2 heterocycles. The molecule has 2 aromatic rings. The third-order valence-electron chi connectivity index (χ3n) is 7.99. The van der Waals surface area contributed by atoms with Crippen LogP contribution in [0.15, 0.2) is 24.3 Å². The Morgan fingerprint density at radius 2 is 1.88 bits per heavy atom. The van der Waals surface area contributed by atoms with Crippen LogP contribution in [-0.2, 0) is 14.3 Å². The van der Waals surface area contributed by atoms with Gasteiger partial charge in [-0.05, 0) is 82.5 Å². The summed E-state index contributed by atoms with van der Waals surface area (Å²) in [6, 6.07) is 6.14. The molecule has 1 aliphatic heterocycles. The molecular weight excluding hydrogens is 552 g/mol. The van der Waals surface area contributed by atoms with E-state index in [2.05, 4.69) is 16.7 Å². The summed E-state index contributed by atoms with van der Waals surface area (Å²) in [6.45, 7) is 7.33. The molecule has 234 valence electrons. The molecule has 4 atom stereocenters. The van der Waals surface area contributed by atoms with Crippen molar-refractivity contribution in [2.75, 3.05) is 13.7 Å². The molecule has 2 saturated carbocycles. The Morgan fingerprint density at radius 3 is 2.51 bits per heavy atom. The van der Waals surface area contributed by atoms with Crippen molar-refractivity contribution in [2.24, 2.45) is 0 Å². The number of likely N-dealkylation sites (tertiary alicyclic amines) is 1. The zero-order chi connectivity index (χ0) is 30.9. The van der Waals surface area contributed by atoms with E-state index in [0.717, 1.165) is 47.9 Å². The first kappa shape index (κ1) is 30.8. The molecule has 0 radical (unpaired) electrons. The quantitative estimate of drug-likeness (QED) is 0.356. The van der Waals surface area contributed by atoms with Gasteiger partial charge in [0, 0.05) is 29.5 Å². The number of nitrogens with zero attached hydrogens (tertiary/aromatic N) is 2. The van der Waals surface area contributed by atoms with E-state index in [1.807, 2.05) is 25.1 Å². The van der Waals surface area contributed by atoms with Gasteiger partial charge >= 0.3 is 6.09 Å². The summed E-state index contributed by atoms with van der Waals surface area (Å²) in [4.78, 5) is 45.8. The van der Waals surface area contributed by atoms with Gasteiger partial charge in [-0.2, -0.15) is 0 Å². The number of hydrogen-bond donors (Lipinski definition) is 3. The molecule has 2 aliphatic carbocycles. The van der Waals surface area contributed by atoms with Gasteiger partial charge in [-0.15, -0.1) is 0 Å². The highest BCUT2D eigenvalue weighted by Crippen LogP contribution is 2.42. The van der Waals surface area contributed by atoms with Crippen LogP contribution < -0.4 is 20.1 Å². The van der Waals surface area contributed by atoms with Crippen molar-refractivity contribution in [3.05, 3.63) is 30.0 Å². The monoisotopic (exact) mass is 596 g/mol. The number of methoxy groups -OCH3 is 1. The number of aromatic nitrogens is 1. The first-order chi connectivity index (χ1) is 20.5. The molecule has 1 saturated heterocycles. The van der Waals surface area contributed by atoms with Gasteiger partial charge in [0.15, 0.2) is 6.10 Å². The molecule has 0 spiro atoms. The van der Waals surface area contributed by atoms with E-state index in [1.54, 1.807) is 27.9 Å². The number of rotatable bonds is 11. The molecule has 5 rings (SSSR count). The third kappa shape index (κ3) is 7.68. The molecule has 1 aromatic heterocycles. The molecule has 3 unspecified atom stereocenters. The molecule has 3 amide bonds. The lowest BCUT2D eigenvalue weighted by Crippen LogP contribution is -2.55. The van der Waals surface area contributed by atoms with Crippen molar-refractivity contribution in [3.8, 4) is 11.6 Å². The van der Waals surface area contributed by atoms with Crippen molar-refractivity contribution < 1.29 is 33.7 Å². The van der Waals surface area contributed by atoms with Gasteiger partial charge in [0.2, 0.25) is 11.8 Å². The van der Waals surface area contributed by atoms with E-state index in [4.69, 9.17) is 19.2 Å². The largest absolute Gasteiger partial charge is 0.497 e. The molecule has 43 heavy (non-hydrogen) atoms. The number of nitrogens with one attached hydrogen (secondary N) is 2. The second-order valence-electron chi connectivity index (χ2n) is 13.0. The summed E-state index contributed by atoms with van der Waals surface area (Å²) < 4.78 is 17.5. The summed E-state index contributed by atoms with van der Waals surface area (Å²) in [6.07, 6.45) is 2.59. The molecule has 11 nitrogen and oxygen atoms in total. The standard InChI is InChI=1S/C32H44N4O7/c1-6-7-24(27(37)29(39)33-20-10-11-20)34-28(38)26-16-22(17-36(26)31(40)43-32(2,3)4)42-30-23-13-12-21(41-5)14-19(23)15-25(35-30)18-8-9-18/h12-15,18,20,22,24,26-27,37H,6-11,16-17H2,1-5H3,(H,33,39)(H,34,38)/t22?,24?,26?,27-/m0/s1. The van der Waals surface area contributed by atoms with Crippen molar-refractivity contribution in [1.82, 2.24) is 20.5 Å². The molecule has 1 aromatic carbocycles. The average molecular weight is 597 g/mol. The number of aliphatic hydroxyl groups excluding tert-OH is 1. The van der Waals surface area contributed by atoms with E-state index >= 15 is 0 Å². The van der Waals surface area contributed by atoms with Crippen molar-refractivity contribution >= 4 is 28.7 Å². The van der Waals surface area contributed by atoms with E-state index < -0.39 is 47.8 Å². The minimum atomic E-state index is -1.40. The van der Waals surface area contributed by atoms with Crippen LogP contribution in [0.4, 0.5) is 4.79 Å². The molecule has 0 bridgehead atoms. The first-order valence-electron chi connectivity index (χ1n) is 15.4. The van der Waals surface area contributed by atoms with Crippen molar-refractivity contribution in [1.29, 1.82) is 0 Å². The fourth-order valence-corrected chi connectivity index (χ4v) is 5.44. The Kier molecular flexibility index (Phi) is 9.01. The second kappa shape index (κ2) is 12.6. The maximum absolute atomic E-state index is 13.7. The Morgan fingerprint density at radius 1 is 1.14 bits per heavy atom. The van der Waals surface area contributed by atoms with Crippen LogP contribution in [0.5, 0.6) is 11.6 Å². The number of hydrogen-bond acceptors (Lipinski definition) is 8. The SMILES string of the molecule is CCCC(NC(=O)C1CC(Oc2nc(C3CC3)cc3cc(OC)ccc23)CN1C(=O)OC(C)(C)C)[C@H](O)C(=O)NC1CC1. The van der Waals surface area contributed by atoms with Gasteiger partial charge in [-0.25, -0.2) is 9.78 Å². The lowest BCUT2D eigenvalue weighted by atomic mass is 10.0. The van der Waals surface area contributed by atoms with Crippen LogP contribution in [0.1, 0.15) is 84.3 Å². The third-order valence-corrected chi connectivity index (χ3v) is 7.99. The van der Waals surface area contributed by atoms with E-state index in [1.165, 1.54) is 4.90 Å². The minimum Gasteiger partial charge on any atom is -0.497 e. The minimum absolute atomic E-state index is 0.0831. The van der Waals surface area contributed by atoms with Crippen LogP contribution in [0.25, 0.3) is 10.8 Å². The maximum Gasteiger partial charge on any atom is 0.411 e. The summed E-state index contributed by atoms with van der Waals surface area (Å²) in [7, 11) is 1.63. The smallest absolute Gasteiger partial charge is 0.411 e. The van der Waals surface area contributed by atoms with Crippen LogP contribution >= 0.6 is 0 Å². The van der Waals surface area contributed by atoms with Gasteiger partial charge in [0.1, 0.15) is 23.5 Å². The van der Waals surface area contributed by atoms with E-state index in [0.29, 0.717) is 24.6 Å². The number of amides is 3. The Hall–Kier alpha value is -3.60. The fourth-order valence-electron chi connectivity index (χ4n) is 5.44. The highest BCUT2D eigenvalue weighted by molar-refractivity contribution is 5.89. The number of ether oxygens (including phenoxy) is 3. The van der Waals surface area contributed by atoms with Gasteiger partial charge in [0.25, 0.3) is 5.91 Å². The summed E-state index contributed by atoms with van der Waals surface area (Å²) in [5.74, 6) is 0.603. The van der Waals surface area contributed by atoms with Crippen LogP contribution in [0.2, 0.25) is 0 Å². The molecule has 3 N–H and O–H groups in total.